The Morgan fingerprint density at radius 3 is 2.63 bits per heavy atom. The molecule has 4 heteroatoms. The lowest BCUT2D eigenvalue weighted by molar-refractivity contribution is -0.115. The normalized spacial score (nSPS) is 10.1. The predicted octanol–water partition coefficient (Wildman–Crippen LogP) is 3.39. The minimum absolute atomic E-state index is 0.00836. The number of thioether (sulfide) groups is 1. The van der Waals surface area contributed by atoms with Crippen molar-refractivity contribution in [1.82, 2.24) is 0 Å². The molecule has 0 radical (unpaired) electrons. The number of rotatable bonds is 5. The SMILES string of the molecule is Nc1cccc(NC(=O)CCSc2ccccc2)c1. The Morgan fingerprint density at radius 1 is 1.11 bits per heavy atom. The van der Waals surface area contributed by atoms with Gasteiger partial charge in [0.2, 0.25) is 5.91 Å². The van der Waals surface area contributed by atoms with E-state index in [1.807, 2.05) is 42.5 Å². The van der Waals surface area contributed by atoms with Crippen molar-refractivity contribution >= 4 is 29.0 Å². The van der Waals surface area contributed by atoms with Gasteiger partial charge in [0.05, 0.1) is 0 Å². The zero-order chi connectivity index (χ0) is 13.5. The number of anilines is 2. The number of hydrogen-bond donors (Lipinski definition) is 2. The van der Waals surface area contributed by atoms with Crippen LogP contribution in [0.25, 0.3) is 0 Å². The second kappa shape index (κ2) is 6.85. The van der Waals surface area contributed by atoms with Crippen molar-refractivity contribution in [2.45, 2.75) is 11.3 Å². The summed E-state index contributed by atoms with van der Waals surface area (Å²) in [6.45, 7) is 0. The molecular weight excluding hydrogens is 256 g/mol. The molecule has 98 valence electrons. The predicted molar refractivity (Wildman–Crippen MR) is 81.3 cm³/mol. The van der Waals surface area contributed by atoms with Crippen molar-refractivity contribution in [3.63, 3.8) is 0 Å². The molecule has 0 unspecified atom stereocenters. The molecule has 0 saturated carbocycles. The van der Waals surface area contributed by atoms with Gasteiger partial charge in [-0.3, -0.25) is 4.79 Å². The minimum atomic E-state index is 0.00836. The van der Waals surface area contributed by atoms with Gasteiger partial charge >= 0.3 is 0 Å². The molecule has 0 spiro atoms. The first-order valence-corrected chi connectivity index (χ1v) is 7.06. The van der Waals surface area contributed by atoms with Gasteiger partial charge in [0, 0.05) is 28.4 Å². The van der Waals surface area contributed by atoms with E-state index in [-0.39, 0.29) is 5.91 Å². The van der Waals surface area contributed by atoms with Crippen LogP contribution in [0.15, 0.2) is 59.5 Å². The summed E-state index contributed by atoms with van der Waals surface area (Å²) in [6.07, 6.45) is 0.481. The lowest BCUT2D eigenvalue weighted by Gasteiger charge is -2.05. The summed E-state index contributed by atoms with van der Waals surface area (Å²) in [4.78, 5) is 12.9. The molecule has 0 fully saturated rings. The smallest absolute Gasteiger partial charge is 0.225 e. The van der Waals surface area contributed by atoms with Gasteiger partial charge in [-0.25, -0.2) is 0 Å². The quantitative estimate of drug-likeness (QED) is 0.648. The van der Waals surface area contributed by atoms with Gasteiger partial charge in [-0.05, 0) is 30.3 Å². The number of carbonyl (C=O) groups is 1. The third kappa shape index (κ3) is 4.67. The Labute approximate surface area is 117 Å². The molecule has 2 aromatic carbocycles. The topological polar surface area (TPSA) is 55.1 Å². The number of carbonyl (C=O) groups excluding carboxylic acids is 1. The van der Waals surface area contributed by atoms with E-state index in [9.17, 15) is 4.79 Å². The van der Waals surface area contributed by atoms with Gasteiger partial charge in [-0.15, -0.1) is 11.8 Å². The summed E-state index contributed by atoms with van der Waals surface area (Å²) in [5, 5.41) is 2.84. The standard InChI is InChI=1S/C15H16N2OS/c16-12-5-4-6-13(11-12)17-15(18)9-10-19-14-7-2-1-3-8-14/h1-8,11H,9-10,16H2,(H,17,18). The Balaban J connectivity index is 1.76. The second-order valence-corrected chi connectivity index (χ2v) is 5.25. The molecule has 2 aromatic rings. The van der Waals surface area contributed by atoms with Crippen LogP contribution in [0.5, 0.6) is 0 Å². The van der Waals surface area contributed by atoms with E-state index in [4.69, 9.17) is 5.73 Å². The molecule has 0 saturated heterocycles. The van der Waals surface area contributed by atoms with E-state index in [0.717, 1.165) is 11.4 Å². The third-order valence-electron chi connectivity index (χ3n) is 2.51. The summed E-state index contributed by atoms with van der Waals surface area (Å²) < 4.78 is 0. The first-order valence-electron chi connectivity index (χ1n) is 6.07. The highest BCUT2D eigenvalue weighted by Gasteiger charge is 2.03. The first-order chi connectivity index (χ1) is 9.24. The van der Waals surface area contributed by atoms with E-state index < -0.39 is 0 Å². The molecule has 0 atom stereocenters. The van der Waals surface area contributed by atoms with Crippen molar-refractivity contribution < 1.29 is 4.79 Å². The van der Waals surface area contributed by atoms with Crippen LogP contribution in [0.1, 0.15) is 6.42 Å². The van der Waals surface area contributed by atoms with E-state index in [0.29, 0.717) is 12.1 Å². The molecule has 3 N–H and O–H groups in total. The van der Waals surface area contributed by atoms with Gasteiger partial charge in [0.1, 0.15) is 0 Å². The molecule has 3 nitrogen and oxygen atoms in total. The minimum Gasteiger partial charge on any atom is -0.399 e. The molecule has 1 amide bonds. The van der Waals surface area contributed by atoms with Crippen LogP contribution in [-0.4, -0.2) is 11.7 Å². The lowest BCUT2D eigenvalue weighted by atomic mass is 10.3. The summed E-state index contributed by atoms with van der Waals surface area (Å²) >= 11 is 1.68. The molecular formula is C15H16N2OS. The highest BCUT2D eigenvalue weighted by Crippen LogP contribution is 2.18. The van der Waals surface area contributed by atoms with E-state index in [1.165, 1.54) is 4.90 Å². The monoisotopic (exact) mass is 272 g/mol. The maximum atomic E-state index is 11.7. The van der Waals surface area contributed by atoms with Crippen molar-refractivity contribution in [3.8, 4) is 0 Å². The van der Waals surface area contributed by atoms with E-state index in [2.05, 4.69) is 5.32 Å². The lowest BCUT2D eigenvalue weighted by Crippen LogP contribution is -2.12. The molecule has 0 aliphatic carbocycles. The van der Waals surface area contributed by atoms with E-state index in [1.54, 1.807) is 23.9 Å². The van der Waals surface area contributed by atoms with Gasteiger partial charge in [-0.2, -0.15) is 0 Å². The molecule has 0 heterocycles. The number of amides is 1. The van der Waals surface area contributed by atoms with Crippen molar-refractivity contribution in [2.75, 3.05) is 16.8 Å². The molecule has 0 aliphatic rings. The Hall–Kier alpha value is -1.94. The van der Waals surface area contributed by atoms with Gasteiger partial charge < -0.3 is 11.1 Å². The largest absolute Gasteiger partial charge is 0.399 e. The maximum absolute atomic E-state index is 11.7. The average Bonchev–Trinajstić information content (AvgIpc) is 2.40. The average molecular weight is 272 g/mol. The van der Waals surface area contributed by atoms with E-state index >= 15 is 0 Å². The van der Waals surface area contributed by atoms with Crippen LogP contribution in [0, 0.1) is 0 Å². The third-order valence-corrected chi connectivity index (χ3v) is 3.53. The van der Waals surface area contributed by atoms with Crippen LogP contribution >= 0.6 is 11.8 Å². The van der Waals surface area contributed by atoms with Gasteiger partial charge in [0.25, 0.3) is 0 Å². The van der Waals surface area contributed by atoms with Gasteiger partial charge in [0.15, 0.2) is 0 Å². The Bertz CT molecular complexity index is 543. The fraction of sp³-hybridized carbons (Fsp3) is 0.133. The zero-order valence-corrected chi connectivity index (χ0v) is 11.3. The van der Waals surface area contributed by atoms with Crippen LogP contribution < -0.4 is 11.1 Å². The fourth-order valence-electron chi connectivity index (χ4n) is 1.62. The molecule has 19 heavy (non-hydrogen) atoms. The summed E-state index contributed by atoms with van der Waals surface area (Å²) in [7, 11) is 0. The van der Waals surface area contributed by atoms with Crippen molar-refractivity contribution in [3.05, 3.63) is 54.6 Å². The highest BCUT2D eigenvalue weighted by molar-refractivity contribution is 7.99. The van der Waals surface area contributed by atoms with Crippen LogP contribution in [0.3, 0.4) is 0 Å². The molecule has 0 aliphatic heterocycles. The summed E-state index contributed by atoms with van der Waals surface area (Å²) in [6, 6.07) is 17.3. The number of nitrogens with one attached hydrogen (secondary N) is 1. The number of nitrogens with two attached hydrogens (primary N) is 1. The number of hydrogen-bond acceptors (Lipinski definition) is 3. The molecule has 0 bridgehead atoms. The van der Waals surface area contributed by atoms with Crippen LogP contribution in [0.4, 0.5) is 11.4 Å². The number of nitrogen functional groups attached to an aromatic ring is 1. The molecule has 2 rings (SSSR count). The van der Waals surface area contributed by atoms with Crippen molar-refractivity contribution in [2.24, 2.45) is 0 Å². The fourth-order valence-corrected chi connectivity index (χ4v) is 2.49. The first kappa shape index (κ1) is 13.5. The number of benzene rings is 2. The zero-order valence-electron chi connectivity index (χ0n) is 10.5. The Morgan fingerprint density at radius 2 is 1.89 bits per heavy atom. The second-order valence-electron chi connectivity index (χ2n) is 4.09. The van der Waals surface area contributed by atoms with Crippen molar-refractivity contribution in [1.29, 1.82) is 0 Å². The summed E-state index contributed by atoms with van der Waals surface area (Å²) in [5.74, 6) is 0.770. The van der Waals surface area contributed by atoms with Crippen LogP contribution in [0.2, 0.25) is 0 Å². The van der Waals surface area contributed by atoms with Crippen LogP contribution in [-0.2, 0) is 4.79 Å². The highest BCUT2D eigenvalue weighted by atomic mass is 32.2. The molecule has 0 aromatic heterocycles. The summed E-state index contributed by atoms with van der Waals surface area (Å²) in [5.41, 5.74) is 7.05. The maximum Gasteiger partial charge on any atom is 0.225 e. The Kier molecular flexibility index (Phi) is 4.86. The van der Waals surface area contributed by atoms with Gasteiger partial charge in [-0.1, -0.05) is 24.3 Å².